The first kappa shape index (κ1) is 20.2. The fourth-order valence-corrected chi connectivity index (χ4v) is 4.49. The summed E-state index contributed by atoms with van der Waals surface area (Å²) in [5.41, 5.74) is 3.73. The second-order valence-corrected chi connectivity index (χ2v) is 7.86. The molecule has 1 aliphatic heterocycles. The van der Waals surface area contributed by atoms with E-state index in [1.54, 1.807) is 25.4 Å². The summed E-state index contributed by atoms with van der Waals surface area (Å²) in [4.78, 5) is 6.62. The standard InChI is InChI=1S/C25H21FN4OS/c1-31-20-13-11-18(12-14-20)29-16-4-6-22(29)24-23(21-5-2-3-15-27-21)28-25(32)30(24)19-9-7-17(26)8-10-19/h2-16,23-24H,1H3,(H,28,32). The van der Waals surface area contributed by atoms with Crippen LogP contribution in [0.5, 0.6) is 5.75 Å². The van der Waals surface area contributed by atoms with Gasteiger partial charge in [-0.25, -0.2) is 4.39 Å². The molecule has 0 spiro atoms. The molecule has 1 aliphatic rings. The minimum Gasteiger partial charge on any atom is -0.497 e. The van der Waals surface area contributed by atoms with Crippen LogP contribution in [0.1, 0.15) is 23.5 Å². The van der Waals surface area contributed by atoms with E-state index in [4.69, 9.17) is 17.0 Å². The van der Waals surface area contributed by atoms with Gasteiger partial charge in [0.1, 0.15) is 17.6 Å². The molecule has 1 saturated heterocycles. The normalized spacial score (nSPS) is 17.9. The van der Waals surface area contributed by atoms with E-state index in [1.807, 2.05) is 59.6 Å². The van der Waals surface area contributed by atoms with Crippen LogP contribution in [0.3, 0.4) is 0 Å². The molecule has 7 heteroatoms. The van der Waals surface area contributed by atoms with Crippen LogP contribution in [0, 0.1) is 5.82 Å². The molecule has 2 atom stereocenters. The zero-order valence-electron chi connectivity index (χ0n) is 17.4. The lowest BCUT2D eigenvalue weighted by Crippen LogP contribution is -2.30. The Morgan fingerprint density at radius 1 is 0.938 bits per heavy atom. The molecule has 0 bridgehead atoms. The maximum absolute atomic E-state index is 13.6. The van der Waals surface area contributed by atoms with Crippen molar-refractivity contribution in [3.05, 3.63) is 108 Å². The second-order valence-electron chi connectivity index (χ2n) is 7.47. The van der Waals surface area contributed by atoms with E-state index in [0.717, 1.165) is 28.5 Å². The molecular formula is C25H21FN4OS. The smallest absolute Gasteiger partial charge is 0.174 e. The quantitative estimate of drug-likeness (QED) is 0.429. The van der Waals surface area contributed by atoms with E-state index in [2.05, 4.69) is 20.9 Å². The summed E-state index contributed by atoms with van der Waals surface area (Å²) in [6.07, 6.45) is 3.80. The van der Waals surface area contributed by atoms with Crippen molar-refractivity contribution >= 4 is 23.0 Å². The topological polar surface area (TPSA) is 42.3 Å². The molecule has 3 heterocycles. The van der Waals surface area contributed by atoms with Gasteiger partial charge in [0.15, 0.2) is 5.11 Å². The molecule has 32 heavy (non-hydrogen) atoms. The molecule has 5 nitrogen and oxygen atoms in total. The van der Waals surface area contributed by atoms with Crippen LogP contribution < -0.4 is 15.0 Å². The summed E-state index contributed by atoms with van der Waals surface area (Å²) in [7, 11) is 1.65. The van der Waals surface area contributed by atoms with Gasteiger partial charge in [0.05, 0.1) is 18.8 Å². The van der Waals surface area contributed by atoms with Crippen molar-refractivity contribution < 1.29 is 9.13 Å². The van der Waals surface area contributed by atoms with E-state index in [1.165, 1.54) is 12.1 Å². The first-order valence-electron chi connectivity index (χ1n) is 10.2. The number of aromatic nitrogens is 2. The lowest BCUT2D eigenvalue weighted by Gasteiger charge is -2.29. The number of hydrogen-bond acceptors (Lipinski definition) is 3. The SMILES string of the molecule is COc1ccc(-n2cccc2C2C(c3ccccn3)NC(=S)N2c2ccc(F)cc2)cc1. The molecule has 160 valence electrons. The van der Waals surface area contributed by atoms with Crippen molar-refractivity contribution in [2.75, 3.05) is 12.0 Å². The maximum atomic E-state index is 13.6. The number of methoxy groups -OCH3 is 1. The fourth-order valence-electron chi connectivity index (χ4n) is 4.15. The van der Waals surface area contributed by atoms with Crippen LogP contribution in [-0.2, 0) is 0 Å². The Kier molecular flexibility index (Phi) is 5.33. The number of benzene rings is 2. The molecule has 5 rings (SSSR count). The summed E-state index contributed by atoms with van der Waals surface area (Å²) < 4.78 is 21.1. The predicted molar refractivity (Wildman–Crippen MR) is 127 cm³/mol. The minimum absolute atomic E-state index is 0.180. The van der Waals surface area contributed by atoms with Gasteiger partial charge in [-0.15, -0.1) is 0 Å². The highest BCUT2D eigenvalue weighted by atomic mass is 32.1. The Balaban J connectivity index is 1.64. The van der Waals surface area contributed by atoms with E-state index in [-0.39, 0.29) is 17.9 Å². The number of pyridine rings is 1. The van der Waals surface area contributed by atoms with Crippen LogP contribution in [0.2, 0.25) is 0 Å². The first-order chi connectivity index (χ1) is 15.7. The third-order valence-corrected chi connectivity index (χ3v) is 5.95. The van der Waals surface area contributed by atoms with Gasteiger partial charge >= 0.3 is 0 Å². The molecule has 0 amide bonds. The third kappa shape index (κ3) is 3.61. The zero-order chi connectivity index (χ0) is 22.1. The van der Waals surface area contributed by atoms with Crippen LogP contribution in [0.25, 0.3) is 5.69 Å². The van der Waals surface area contributed by atoms with Crippen molar-refractivity contribution in [2.45, 2.75) is 12.1 Å². The monoisotopic (exact) mass is 444 g/mol. The first-order valence-corrected chi connectivity index (χ1v) is 10.6. The summed E-state index contributed by atoms with van der Waals surface area (Å²) >= 11 is 5.74. The highest BCUT2D eigenvalue weighted by Crippen LogP contribution is 2.42. The van der Waals surface area contributed by atoms with Crippen LogP contribution >= 0.6 is 12.2 Å². The highest BCUT2D eigenvalue weighted by Gasteiger charge is 2.42. The molecule has 4 aromatic rings. The summed E-state index contributed by atoms with van der Waals surface area (Å²) in [5, 5.41) is 4.01. The molecule has 2 aromatic heterocycles. The Bertz CT molecular complexity index is 1230. The van der Waals surface area contributed by atoms with Crippen molar-refractivity contribution in [3.8, 4) is 11.4 Å². The fraction of sp³-hybridized carbons (Fsp3) is 0.120. The van der Waals surface area contributed by atoms with E-state index < -0.39 is 0 Å². The Labute approximate surface area is 191 Å². The highest BCUT2D eigenvalue weighted by molar-refractivity contribution is 7.80. The Hall–Kier alpha value is -3.71. The number of nitrogens with zero attached hydrogens (tertiary/aromatic N) is 3. The van der Waals surface area contributed by atoms with Gasteiger partial charge < -0.3 is 19.5 Å². The van der Waals surface area contributed by atoms with Gasteiger partial charge in [-0.3, -0.25) is 4.98 Å². The number of anilines is 1. The van der Waals surface area contributed by atoms with Crippen molar-refractivity contribution in [1.82, 2.24) is 14.9 Å². The molecule has 2 unspecified atom stereocenters. The summed E-state index contributed by atoms with van der Waals surface area (Å²) in [5.74, 6) is 0.511. The molecule has 0 saturated carbocycles. The predicted octanol–water partition coefficient (Wildman–Crippen LogP) is 5.20. The number of thiocarbonyl (C=S) groups is 1. The molecular weight excluding hydrogens is 423 g/mol. The molecule has 2 aromatic carbocycles. The van der Waals surface area contributed by atoms with Crippen molar-refractivity contribution in [1.29, 1.82) is 0 Å². The summed E-state index contributed by atoms with van der Waals surface area (Å²) in [6, 6.07) is 23.9. The van der Waals surface area contributed by atoms with Crippen molar-refractivity contribution in [3.63, 3.8) is 0 Å². The molecule has 0 aliphatic carbocycles. The van der Waals surface area contributed by atoms with Gasteiger partial charge in [0, 0.05) is 29.5 Å². The lowest BCUT2D eigenvalue weighted by atomic mass is 10.0. The Morgan fingerprint density at radius 3 is 2.38 bits per heavy atom. The average molecular weight is 445 g/mol. The number of hydrogen-bond donors (Lipinski definition) is 1. The number of ether oxygens (including phenoxy) is 1. The van der Waals surface area contributed by atoms with Crippen LogP contribution in [0.15, 0.2) is 91.3 Å². The van der Waals surface area contributed by atoms with E-state index in [0.29, 0.717) is 5.11 Å². The Morgan fingerprint density at radius 2 is 1.69 bits per heavy atom. The van der Waals surface area contributed by atoms with Gasteiger partial charge in [-0.1, -0.05) is 6.07 Å². The van der Waals surface area contributed by atoms with Crippen molar-refractivity contribution in [2.24, 2.45) is 0 Å². The van der Waals surface area contributed by atoms with Gasteiger partial charge in [-0.05, 0) is 85.0 Å². The number of rotatable bonds is 5. The molecule has 1 fully saturated rings. The largest absolute Gasteiger partial charge is 0.497 e. The second kappa shape index (κ2) is 8.43. The van der Waals surface area contributed by atoms with Crippen LogP contribution in [0.4, 0.5) is 10.1 Å². The van der Waals surface area contributed by atoms with Gasteiger partial charge in [0.2, 0.25) is 0 Å². The summed E-state index contributed by atoms with van der Waals surface area (Å²) in [6.45, 7) is 0. The number of nitrogens with one attached hydrogen (secondary N) is 1. The maximum Gasteiger partial charge on any atom is 0.174 e. The van der Waals surface area contributed by atoms with E-state index in [9.17, 15) is 4.39 Å². The minimum atomic E-state index is -0.286. The zero-order valence-corrected chi connectivity index (χ0v) is 18.2. The van der Waals surface area contributed by atoms with E-state index >= 15 is 0 Å². The number of halogens is 1. The average Bonchev–Trinajstić information content (AvgIpc) is 3.44. The van der Waals surface area contributed by atoms with Gasteiger partial charge in [-0.2, -0.15) is 0 Å². The lowest BCUT2D eigenvalue weighted by molar-refractivity contribution is 0.414. The molecule has 0 radical (unpaired) electrons. The third-order valence-electron chi connectivity index (χ3n) is 5.64. The van der Waals surface area contributed by atoms with Crippen LogP contribution in [-0.4, -0.2) is 21.8 Å². The molecule has 1 N–H and O–H groups in total. The van der Waals surface area contributed by atoms with Gasteiger partial charge in [0.25, 0.3) is 0 Å².